The van der Waals surface area contributed by atoms with E-state index >= 15 is 0 Å². The summed E-state index contributed by atoms with van der Waals surface area (Å²) in [7, 11) is 1.40. The predicted molar refractivity (Wildman–Crippen MR) is 76.1 cm³/mol. The first kappa shape index (κ1) is 14.8. The minimum absolute atomic E-state index is 0.273. The van der Waals surface area contributed by atoms with E-state index in [1.165, 1.54) is 19.2 Å². The molecule has 1 aromatic rings. The second-order valence-electron chi connectivity index (χ2n) is 5.52. The molecule has 0 saturated carbocycles. The van der Waals surface area contributed by atoms with Crippen molar-refractivity contribution in [3.05, 3.63) is 30.1 Å². The van der Waals surface area contributed by atoms with E-state index in [1.54, 1.807) is 12.1 Å². The summed E-state index contributed by atoms with van der Waals surface area (Å²) in [5.74, 6) is -0.567. The standard InChI is InChI=1S/C15H21FN2O2/c1-11(2)18-9-8-15(10-18,14(19)20-3)17-13-6-4-12(16)5-7-13/h4-7,11,17H,8-10H2,1-3H3. The van der Waals surface area contributed by atoms with E-state index in [1.807, 2.05) is 0 Å². The van der Waals surface area contributed by atoms with E-state index in [9.17, 15) is 9.18 Å². The first-order valence-electron chi connectivity index (χ1n) is 6.83. The van der Waals surface area contributed by atoms with Crippen LogP contribution in [0.2, 0.25) is 0 Å². The second kappa shape index (κ2) is 5.79. The van der Waals surface area contributed by atoms with Gasteiger partial charge >= 0.3 is 5.97 Å². The normalized spacial score (nSPS) is 23.1. The molecule has 110 valence electrons. The molecule has 0 radical (unpaired) electrons. The van der Waals surface area contributed by atoms with Crippen LogP contribution < -0.4 is 5.32 Å². The molecular formula is C15H21FN2O2. The fourth-order valence-electron chi connectivity index (χ4n) is 2.60. The van der Waals surface area contributed by atoms with Gasteiger partial charge in [0.15, 0.2) is 0 Å². The zero-order valence-corrected chi connectivity index (χ0v) is 12.1. The van der Waals surface area contributed by atoms with Crippen LogP contribution in [0.1, 0.15) is 20.3 Å². The number of ether oxygens (including phenoxy) is 1. The van der Waals surface area contributed by atoms with Crippen molar-refractivity contribution in [2.75, 3.05) is 25.5 Å². The number of carbonyl (C=O) groups is 1. The number of rotatable bonds is 4. The summed E-state index contributed by atoms with van der Waals surface area (Å²) in [5.41, 5.74) is -0.0287. The zero-order chi connectivity index (χ0) is 14.8. The van der Waals surface area contributed by atoms with Crippen molar-refractivity contribution in [1.82, 2.24) is 4.90 Å². The smallest absolute Gasteiger partial charge is 0.332 e. The Balaban J connectivity index is 2.21. The van der Waals surface area contributed by atoms with Crippen LogP contribution in [0, 0.1) is 5.82 Å². The molecule has 1 aliphatic rings. The van der Waals surface area contributed by atoms with Crippen LogP contribution in [0.15, 0.2) is 24.3 Å². The van der Waals surface area contributed by atoms with Gasteiger partial charge in [-0.1, -0.05) is 0 Å². The number of benzene rings is 1. The maximum absolute atomic E-state index is 13.0. The van der Waals surface area contributed by atoms with E-state index in [0.29, 0.717) is 19.0 Å². The van der Waals surface area contributed by atoms with Crippen molar-refractivity contribution in [2.24, 2.45) is 0 Å². The Morgan fingerprint density at radius 3 is 2.55 bits per heavy atom. The van der Waals surface area contributed by atoms with Crippen molar-refractivity contribution < 1.29 is 13.9 Å². The van der Waals surface area contributed by atoms with Gasteiger partial charge in [-0.15, -0.1) is 0 Å². The molecule has 0 aromatic heterocycles. The molecule has 2 rings (SSSR count). The summed E-state index contributed by atoms with van der Waals surface area (Å²) in [4.78, 5) is 14.4. The largest absolute Gasteiger partial charge is 0.467 e. The number of carbonyl (C=O) groups excluding carboxylic acids is 1. The summed E-state index contributed by atoms with van der Waals surface area (Å²) in [5, 5.41) is 3.23. The molecule has 20 heavy (non-hydrogen) atoms. The van der Waals surface area contributed by atoms with Gasteiger partial charge in [0.1, 0.15) is 11.4 Å². The van der Waals surface area contributed by atoms with E-state index in [2.05, 4.69) is 24.1 Å². The third-order valence-electron chi connectivity index (χ3n) is 3.83. The van der Waals surface area contributed by atoms with Crippen molar-refractivity contribution >= 4 is 11.7 Å². The van der Waals surface area contributed by atoms with Crippen LogP contribution in [-0.4, -0.2) is 42.6 Å². The Bertz CT molecular complexity index is 475. The highest BCUT2D eigenvalue weighted by atomic mass is 19.1. The minimum atomic E-state index is -0.753. The molecule has 1 N–H and O–H groups in total. The molecule has 5 heteroatoms. The van der Waals surface area contributed by atoms with Gasteiger partial charge in [0, 0.05) is 24.8 Å². The third kappa shape index (κ3) is 2.93. The average Bonchev–Trinajstić information content (AvgIpc) is 2.86. The van der Waals surface area contributed by atoms with E-state index in [4.69, 9.17) is 4.74 Å². The van der Waals surface area contributed by atoms with Crippen LogP contribution in [-0.2, 0) is 9.53 Å². The highest BCUT2D eigenvalue weighted by Gasteiger charge is 2.46. The van der Waals surface area contributed by atoms with Gasteiger partial charge in [-0.25, -0.2) is 9.18 Å². The van der Waals surface area contributed by atoms with Gasteiger partial charge in [0.25, 0.3) is 0 Å². The maximum atomic E-state index is 13.0. The van der Waals surface area contributed by atoms with Gasteiger partial charge in [0.05, 0.1) is 7.11 Å². The molecule has 0 spiro atoms. The minimum Gasteiger partial charge on any atom is -0.467 e. The van der Waals surface area contributed by atoms with Crippen molar-refractivity contribution in [2.45, 2.75) is 31.8 Å². The molecule has 1 saturated heterocycles. The lowest BCUT2D eigenvalue weighted by molar-refractivity contribution is -0.145. The van der Waals surface area contributed by atoms with E-state index in [0.717, 1.165) is 12.2 Å². The molecule has 1 atom stereocenters. The molecule has 4 nitrogen and oxygen atoms in total. The summed E-state index contributed by atoms with van der Waals surface area (Å²) in [6.07, 6.45) is 0.676. The molecular weight excluding hydrogens is 259 g/mol. The first-order valence-corrected chi connectivity index (χ1v) is 6.83. The van der Waals surface area contributed by atoms with Crippen molar-refractivity contribution in [1.29, 1.82) is 0 Å². The van der Waals surface area contributed by atoms with Gasteiger partial charge in [-0.05, 0) is 44.5 Å². The number of nitrogens with one attached hydrogen (secondary N) is 1. The number of methoxy groups -OCH3 is 1. The van der Waals surface area contributed by atoms with Crippen molar-refractivity contribution in [3.8, 4) is 0 Å². The Morgan fingerprint density at radius 2 is 2.05 bits per heavy atom. The lowest BCUT2D eigenvalue weighted by Gasteiger charge is -2.30. The summed E-state index contributed by atoms with van der Waals surface area (Å²) in [6, 6.07) is 6.40. The van der Waals surface area contributed by atoms with E-state index in [-0.39, 0.29) is 11.8 Å². The van der Waals surface area contributed by atoms with Gasteiger partial charge in [0.2, 0.25) is 0 Å². The topological polar surface area (TPSA) is 41.6 Å². The molecule has 1 heterocycles. The van der Waals surface area contributed by atoms with Crippen LogP contribution >= 0.6 is 0 Å². The van der Waals surface area contributed by atoms with Crippen LogP contribution in [0.5, 0.6) is 0 Å². The fraction of sp³-hybridized carbons (Fsp3) is 0.533. The number of hydrogen-bond acceptors (Lipinski definition) is 4. The highest BCUT2D eigenvalue weighted by Crippen LogP contribution is 2.29. The third-order valence-corrected chi connectivity index (χ3v) is 3.83. The summed E-state index contributed by atoms with van der Waals surface area (Å²) in [6.45, 7) is 5.63. The number of anilines is 1. The molecule has 1 aromatic carbocycles. The number of likely N-dealkylation sites (tertiary alicyclic amines) is 1. The lowest BCUT2D eigenvalue weighted by atomic mass is 9.98. The van der Waals surface area contributed by atoms with E-state index < -0.39 is 5.54 Å². The van der Waals surface area contributed by atoms with Gasteiger partial charge in [-0.2, -0.15) is 0 Å². The Labute approximate surface area is 118 Å². The van der Waals surface area contributed by atoms with Gasteiger partial charge < -0.3 is 10.1 Å². The van der Waals surface area contributed by atoms with Crippen LogP contribution in [0.3, 0.4) is 0 Å². The SMILES string of the molecule is COC(=O)C1(Nc2ccc(F)cc2)CCN(C(C)C)C1. The molecule has 1 fully saturated rings. The van der Waals surface area contributed by atoms with Crippen LogP contribution in [0.4, 0.5) is 10.1 Å². The molecule has 0 aliphatic carbocycles. The Kier molecular flexibility index (Phi) is 4.28. The number of nitrogens with zero attached hydrogens (tertiary/aromatic N) is 1. The Morgan fingerprint density at radius 1 is 1.40 bits per heavy atom. The van der Waals surface area contributed by atoms with Crippen molar-refractivity contribution in [3.63, 3.8) is 0 Å². The fourth-order valence-corrected chi connectivity index (χ4v) is 2.60. The molecule has 1 unspecified atom stereocenters. The summed E-state index contributed by atoms with van der Waals surface area (Å²) >= 11 is 0. The quantitative estimate of drug-likeness (QED) is 0.859. The molecule has 0 amide bonds. The van der Waals surface area contributed by atoms with Crippen LogP contribution in [0.25, 0.3) is 0 Å². The second-order valence-corrected chi connectivity index (χ2v) is 5.52. The average molecular weight is 280 g/mol. The summed E-state index contributed by atoms with van der Waals surface area (Å²) < 4.78 is 17.9. The highest BCUT2D eigenvalue weighted by molar-refractivity contribution is 5.85. The Hall–Kier alpha value is -1.62. The zero-order valence-electron chi connectivity index (χ0n) is 12.1. The first-order chi connectivity index (χ1) is 9.47. The predicted octanol–water partition coefficient (Wildman–Crippen LogP) is 2.26. The molecule has 1 aliphatic heterocycles. The monoisotopic (exact) mass is 280 g/mol. The lowest BCUT2D eigenvalue weighted by Crippen LogP contribution is -2.50. The maximum Gasteiger partial charge on any atom is 0.332 e. The van der Waals surface area contributed by atoms with Gasteiger partial charge in [-0.3, -0.25) is 4.90 Å². The number of halogens is 1. The molecule has 0 bridgehead atoms. The number of hydrogen-bond donors (Lipinski definition) is 1. The number of esters is 1.